The van der Waals surface area contributed by atoms with Crippen LogP contribution in [0.3, 0.4) is 0 Å². The average Bonchev–Trinajstić information content (AvgIpc) is 3.19. The molecule has 4 aromatic heterocycles. The molecule has 0 saturated heterocycles. The van der Waals surface area contributed by atoms with Gasteiger partial charge in [0, 0.05) is 22.3 Å². The van der Waals surface area contributed by atoms with Crippen LogP contribution >= 0.6 is 0 Å². The van der Waals surface area contributed by atoms with Crippen LogP contribution in [-0.4, -0.2) is 29.9 Å². The summed E-state index contributed by atoms with van der Waals surface area (Å²) >= 11 is 0. The van der Waals surface area contributed by atoms with Crippen molar-refractivity contribution in [1.82, 2.24) is 29.9 Å². The van der Waals surface area contributed by atoms with Crippen LogP contribution < -0.4 is 9.13 Å². The van der Waals surface area contributed by atoms with Crippen LogP contribution in [0, 0.1) is 0 Å². The van der Waals surface area contributed by atoms with Gasteiger partial charge in [-0.1, -0.05) is 72.8 Å². The SMILES string of the molecule is c1ccc(-c2nc(-c3ccccc3)nc(-[n+]3ccc(-c4cc[n+](-c5nc(-c6ccccc6)nc(-c6ccccc6)n5)cc4)cc3)n2)cc1. The third kappa shape index (κ3) is 6.05. The van der Waals surface area contributed by atoms with Gasteiger partial charge in [0.2, 0.25) is 23.3 Å². The normalized spacial score (nSPS) is 10.9. The van der Waals surface area contributed by atoms with Gasteiger partial charge in [-0.05, 0) is 104 Å². The second kappa shape index (κ2) is 12.9. The molecule has 226 valence electrons. The third-order valence-electron chi connectivity index (χ3n) is 7.83. The Hall–Kier alpha value is -6.80. The minimum absolute atomic E-state index is 0.540. The van der Waals surface area contributed by atoms with Gasteiger partial charge in [-0.3, -0.25) is 0 Å². The molecule has 0 aliphatic carbocycles. The number of hydrogen-bond acceptors (Lipinski definition) is 6. The summed E-state index contributed by atoms with van der Waals surface area (Å²) in [4.78, 5) is 28.9. The lowest BCUT2D eigenvalue weighted by molar-refractivity contribution is -0.604. The summed E-state index contributed by atoms with van der Waals surface area (Å²) < 4.78 is 3.82. The molecule has 4 aromatic carbocycles. The van der Waals surface area contributed by atoms with Gasteiger partial charge in [0.15, 0.2) is 0 Å². The van der Waals surface area contributed by atoms with Crippen molar-refractivity contribution in [2.45, 2.75) is 0 Å². The molecule has 0 radical (unpaired) electrons. The first kappa shape index (κ1) is 28.7. The number of hydrogen-bond donors (Lipinski definition) is 0. The van der Waals surface area contributed by atoms with Crippen molar-refractivity contribution < 1.29 is 9.13 Å². The van der Waals surface area contributed by atoms with E-state index < -0.39 is 0 Å². The highest BCUT2D eigenvalue weighted by Gasteiger charge is 2.22. The molecule has 0 aliphatic heterocycles. The fraction of sp³-hybridized carbons (Fsp3) is 0. The van der Waals surface area contributed by atoms with Crippen molar-refractivity contribution >= 4 is 0 Å². The molecule has 8 aromatic rings. The molecule has 0 amide bonds. The van der Waals surface area contributed by atoms with E-state index in [-0.39, 0.29) is 0 Å². The van der Waals surface area contributed by atoms with Crippen LogP contribution in [0.15, 0.2) is 170 Å². The van der Waals surface area contributed by atoms with Crippen LogP contribution in [0.4, 0.5) is 0 Å². The molecule has 0 atom stereocenters. The summed E-state index contributed by atoms with van der Waals surface area (Å²) in [6, 6.07) is 48.1. The van der Waals surface area contributed by atoms with Gasteiger partial charge < -0.3 is 0 Å². The van der Waals surface area contributed by atoms with E-state index in [1.54, 1.807) is 0 Å². The van der Waals surface area contributed by atoms with Gasteiger partial charge in [0.05, 0.1) is 24.8 Å². The van der Waals surface area contributed by atoms with Crippen LogP contribution in [0.25, 0.3) is 68.6 Å². The summed E-state index contributed by atoms with van der Waals surface area (Å²) in [7, 11) is 0. The van der Waals surface area contributed by atoms with E-state index in [4.69, 9.17) is 29.9 Å². The lowest BCUT2D eigenvalue weighted by atomic mass is 10.1. The predicted molar refractivity (Wildman–Crippen MR) is 183 cm³/mol. The molecule has 0 unspecified atom stereocenters. The number of aromatic nitrogens is 8. The van der Waals surface area contributed by atoms with Crippen LogP contribution in [0.2, 0.25) is 0 Å². The van der Waals surface area contributed by atoms with Gasteiger partial charge in [0.1, 0.15) is 0 Å². The molecule has 8 rings (SSSR count). The first-order chi connectivity index (χ1) is 23.8. The lowest BCUT2D eigenvalue weighted by Gasteiger charge is -2.05. The fourth-order valence-electron chi connectivity index (χ4n) is 5.33. The zero-order chi connectivity index (χ0) is 32.1. The van der Waals surface area contributed by atoms with Gasteiger partial charge in [-0.25, -0.2) is 9.13 Å². The van der Waals surface area contributed by atoms with Gasteiger partial charge in [-0.2, -0.15) is 9.97 Å². The van der Waals surface area contributed by atoms with Crippen LogP contribution in [0.1, 0.15) is 0 Å². The molecular weight excluding hydrogens is 592 g/mol. The monoisotopic (exact) mass is 620 g/mol. The zero-order valence-electron chi connectivity index (χ0n) is 25.7. The van der Waals surface area contributed by atoms with Crippen molar-refractivity contribution in [3.8, 4) is 68.6 Å². The Morgan fingerprint density at radius 1 is 0.250 bits per heavy atom. The maximum atomic E-state index is 4.82. The maximum Gasteiger partial charge on any atom is 0.441 e. The molecule has 0 N–H and O–H groups in total. The van der Waals surface area contributed by atoms with Crippen molar-refractivity contribution in [3.05, 3.63) is 170 Å². The van der Waals surface area contributed by atoms with Crippen LogP contribution in [0.5, 0.6) is 0 Å². The summed E-state index contributed by atoms with van der Waals surface area (Å²) in [5.41, 5.74) is 5.81. The Bertz CT molecular complexity index is 2010. The summed E-state index contributed by atoms with van der Waals surface area (Å²) in [5.74, 6) is 3.55. The van der Waals surface area contributed by atoms with E-state index in [9.17, 15) is 0 Å². The molecule has 8 nitrogen and oxygen atoms in total. The number of benzene rings is 4. The molecule has 0 fully saturated rings. The molecule has 0 spiro atoms. The highest BCUT2D eigenvalue weighted by atomic mass is 15.2. The van der Waals surface area contributed by atoms with Crippen molar-refractivity contribution in [1.29, 1.82) is 0 Å². The third-order valence-corrected chi connectivity index (χ3v) is 7.83. The summed E-state index contributed by atoms with van der Waals surface area (Å²) in [6.07, 6.45) is 7.89. The molecule has 0 bridgehead atoms. The largest absolute Gasteiger partial charge is 0.441 e. The van der Waals surface area contributed by atoms with Gasteiger partial charge in [0.25, 0.3) is 0 Å². The van der Waals surface area contributed by atoms with E-state index in [1.807, 2.05) is 155 Å². The summed E-state index contributed by atoms with van der Waals surface area (Å²) in [6.45, 7) is 0. The molecular formula is C40H28N8+2. The minimum atomic E-state index is 0.540. The number of pyridine rings is 2. The van der Waals surface area contributed by atoms with Crippen molar-refractivity contribution in [2.24, 2.45) is 0 Å². The van der Waals surface area contributed by atoms with E-state index >= 15 is 0 Å². The Balaban J connectivity index is 1.11. The average molecular weight is 621 g/mol. The van der Waals surface area contributed by atoms with Crippen molar-refractivity contribution in [3.63, 3.8) is 0 Å². The lowest BCUT2D eigenvalue weighted by Crippen LogP contribution is -2.33. The molecule has 4 heterocycles. The quantitative estimate of drug-likeness (QED) is 0.179. The highest BCUT2D eigenvalue weighted by molar-refractivity contribution is 5.63. The minimum Gasteiger partial charge on any atom is -0.206 e. The first-order valence-corrected chi connectivity index (χ1v) is 15.5. The van der Waals surface area contributed by atoms with Crippen molar-refractivity contribution in [2.75, 3.05) is 0 Å². The van der Waals surface area contributed by atoms with Gasteiger partial charge >= 0.3 is 11.9 Å². The Morgan fingerprint density at radius 2 is 0.500 bits per heavy atom. The molecule has 0 saturated carbocycles. The fourth-order valence-corrected chi connectivity index (χ4v) is 5.33. The Morgan fingerprint density at radius 3 is 0.750 bits per heavy atom. The number of nitrogens with zero attached hydrogens (tertiary/aromatic N) is 8. The molecule has 48 heavy (non-hydrogen) atoms. The smallest absolute Gasteiger partial charge is 0.206 e. The predicted octanol–water partition coefficient (Wildman–Crippen LogP) is 6.95. The molecule has 0 aliphatic rings. The number of rotatable bonds is 7. The maximum absolute atomic E-state index is 4.82. The Kier molecular flexibility index (Phi) is 7.70. The van der Waals surface area contributed by atoms with Gasteiger partial charge in [-0.15, -0.1) is 0 Å². The second-order valence-corrected chi connectivity index (χ2v) is 11.0. The Labute approximate surface area is 277 Å². The zero-order valence-corrected chi connectivity index (χ0v) is 25.7. The van der Waals surface area contributed by atoms with E-state index in [0.717, 1.165) is 33.4 Å². The first-order valence-electron chi connectivity index (χ1n) is 15.5. The molecule has 8 heteroatoms. The van der Waals surface area contributed by atoms with Crippen LogP contribution in [-0.2, 0) is 0 Å². The summed E-state index contributed by atoms with van der Waals surface area (Å²) in [5, 5.41) is 0. The topological polar surface area (TPSA) is 85.1 Å². The standard InChI is InChI=1S/C40H28N8/c1-5-13-31(14-6-1)35-41-36(32-15-7-2-8-16-32)44-39(43-35)47-25-21-29(22-26-47)30-23-27-48(28-24-30)40-45-37(33-17-9-3-10-18-33)42-38(46-40)34-19-11-4-12-20-34/h1-28H/q+2. The second-order valence-electron chi connectivity index (χ2n) is 11.0. The van der Waals surface area contributed by atoms with E-state index in [2.05, 4.69) is 24.3 Å². The van der Waals surface area contributed by atoms with E-state index in [0.29, 0.717) is 35.2 Å². The van der Waals surface area contributed by atoms with E-state index in [1.165, 1.54) is 0 Å². The highest BCUT2D eigenvalue weighted by Crippen LogP contribution is 2.22.